The second-order valence-corrected chi connectivity index (χ2v) is 3.67. The summed E-state index contributed by atoms with van der Waals surface area (Å²) < 4.78 is 12.6. The fraction of sp³-hybridized carbons (Fsp3) is 0.455. The minimum absolute atomic E-state index is 0.161. The van der Waals surface area contributed by atoms with E-state index in [0.29, 0.717) is 6.04 Å². The highest BCUT2D eigenvalue weighted by molar-refractivity contribution is 5.46. The molecule has 0 bridgehead atoms. The number of hydrogen-bond donors (Lipinski definition) is 0. The molecule has 0 amide bonds. The van der Waals surface area contributed by atoms with Crippen molar-refractivity contribution in [2.45, 2.75) is 25.3 Å². The van der Waals surface area contributed by atoms with Crippen LogP contribution >= 0.6 is 0 Å². The molecule has 1 aliphatic rings. The Morgan fingerprint density at radius 3 is 2.31 bits per heavy atom. The van der Waals surface area contributed by atoms with Crippen molar-refractivity contribution in [2.24, 2.45) is 0 Å². The van der Waals surface area contributed by atoms with Crippen molar-refractivity contribution in [3.8, 4) is 0 Å². The highest BCUT2D eigenvalue weighted by atomic mass is 19.1. The van der Waals surface area contributed by atoms with E-state index < -0.39 is 0 Å². The summed E-state index contributed by atoms with van der Waals surface area (Å²) in [7, 11) is 2.08. The van der Waals surface area contributed by atoms with Gasteiger partial charge in [0.25, 0.3) is 0 Å². The van der Waals surface area contributed by atoms with Crippen LogP contribution in [0.5, 0.6) is 0 Å². The average molecular weight is 179 g/mol. The highest BCUT2D eigenvalue weighted by Gasteiger charge is 2.21. The summed E-state index contributed by atoms with van der Waals surface area (Å²) in [4.78, 5) is 2.24. The van der Waals surface area contributed by atoms with E-state index in [1.54, 1.807) is 0 Å². The molecular weight excluding hydrogens is 165 g/mol. The van der Waals surface area contributed by atoms with Crippen molar-refractivity contribution in [1.82, 2.24) is 0 Å². The lowest BCUT2D eigenvalue weighted by molar-refractivity contribution is 0.401. The zero-order valence-electron chi connectivity index (χ0n) is 7.83. The molecular formula is C11H14FN. The Bertz CT molecular complexity index is 277. The number of anilines is 1. The summed E-state index contributed by atoms with van der Waals surface area (Å²) in [6.45, 7) is 0. The van der Waals surface area contributed by atoms with E-state index in [2.05, 4.69) is 11.9 Å². The SMILES string of the molecule is CN(c1ccc(F)cc1)C1CCC1. The molecule has 0 unspecified atom stereocenters. The molecule has 1 nitrogen and oxygen atoms in total. The summed E-state index contributed by atoms with van der Waals surface area (Å²) >= 11 is 0. The number of halogens is 1. The molecule has 0 atom stereocenters. The Labute approximate surface area is 78.2 Å². The quantitative estimate of drug-likeness (QED) is 0.674. The lowest BCUT2D eigenvalue weighted by Gasteiger charge is -2.36. The van der Waals surface area contributed by atoms with Gasteiger partial charge in [0.15, 0.2) is 0 Å². The molecule has 1 fully saturated rings. The zero-order valence-corrected chi connectivity index (χ0v) is 7.83. The van der Waals surface area contributed by atoms with Gasteiger partial charge in [0, 0.05) is 18.8 Å². The van der Waals surface area contributed by atoms with Crippen LogP contribution in [-0.4, -0.2) is 13.1 Å². The molecule has 70 valence electrons. The summed E-state index contributed by atoms with van der Waals surface area (Å²) in [6, 6.07) is 7.39. The Hall–Kier alpha value is -1.05. The topological polar surface area (TPSA) is 3.24 Å². The summed E-state index contributed by atoms with van der Waals surface area (Å²) in [5, 5.41) is 0. The average Bonchev–Trinajstić information content (AvgIpc) is 2.02. The third kappa shape index (κ3) is 1.67. The van der Waals surface area contributed by atoms with E-state index in [-0.39, 0.29) is 5.82 Å². The maximum atomic E-state index is 12.6. The van der Waals surface area contributed by atoms with Gasteiger partial charge in [-0.05, 0) is 43.5 Å². The number of nitrogens with zero attached hydrogens (tertiary/aromatic N) is 1. The van der Waals surface area contributed by atoms with Gasteiger partial charge in [-0.15, -0.1) is 0 Å². The molecule has 0 N–H and O–H groups in total. The molecule has 1 saturated carbocycles. The van der Waals surface area contributed by atoms with Crippen LogP contribution in [0.25, 0.3) is 0 Å². The number of benzene rings is 1. The van der Waals surface area contributed by atoms with Crippen LogP contribution < -0.4 is 4.90 Å². The van der Waals surface area contributed by atoms with Crippen molar-refractivity contribution in [3.63, 3.8) is 0 Å². The van der Waals surface area contributed by atoms with Crippen LogP contribution in [0.2, 0.25) is 0 Å². The Balaban J connectivity index is 2.10. The molecule has 1 aliphatic carbocycles. The lowest BCUT2D eigenvalue weighted by atomic mass is 9.91. The molecule has 0 spiro atoms. The number of rotatable bonds is 2. The fourth-order valence-corrected chi connectivity index (χ4v) is 1.66. The molecule has 0 aliphatic heterocycles. The molecule has 0 saturated heterocycles. The standard InChI is InChI=1S/C11H14FN/c1-13(10-3-2-4-10)11-7-5-9(12)6-8-11/h5-8,10H,2-4H2,1H3. The van der Waals surface area contributed by atoms with Gasteiger partial charge in [0.1, 0.15) is 5.82 Å². The Kier molecular flexibility index (Phi) is 2.21. The Morgan fingerprint density at radius 1 is 1.23 bits per heavy atom. The van der Waals surface area contributed by atoms with E-state index in [9.17, 15) is 4.39 Å². The highest BCUT2D eigenvalue weighted by Crippen LogP contribution is 2.27. The molecule has 2 heteroatoms. The maximum Gasteiger partial charge on any atom is 0.123 e. The molecule has 0 heterocycles. The van der Waals surface area contributed by atoms with Crippen LogP contribution in [0.4, 0.5) is 10.1 Å². The minimum atomic E-state index is -0.161. The monoisotopic (exact) mass is 179 g/mol. The minimum Gasteiger partial charge on any atom is -0.372 e. The molecule has 1 aromatic carbocycles. The number of hydrogen-bond acceptors (Lipinski definition) is 1. The van der Waals surface area contributed by atoms with Crippen LogP contribution in [0.1, 0.15) is 19.3 Å². The Morgan fingerprint density at radius 2 is 1.85 bits per heavy atom. The van der Waals surface area contributed by atoms with Crippen LogP contribution in [0, 0.1) is 5.82 Å². The van der Waals surface area contributed by atoms with Crippen molar-refractivity contribution in [3.05, 3.63) is 30.1 Å². The van der Waals surface area contributed by atoms with Gasteiger partial charge in [-0.1, -0.05) is 0 Å². The van der Waals surface area contributed by atoms with E-state index in [0.717, 1.165) is 5.69 Å². The first kappa shape index (κ1) is 8.54. The summed E-state index contributed by atoms with van der Waals surface area (Å²) in [5.74, 6) is -0.161. The van der Waals surface area contributed by atoms with Gasteiger partial charge < -0.3 is 4.90 Å². The second kappa shape index (κ2) is 3.36. The molecule has 13 heavy (non-hydrogen) atoms. The normalized spacial score (nSPS) is 16.8. The van der Waals surface area contributed by atoms with Gasteiger partial charge in [-0.25, -0.2) is 4.39 Å². The van der Waals surface area contributed by atoms with Crippen molar-refractivity contribution in [1.29, 1.82) is 0 Å². The maximum absolute atomic E-state index is 12.6. The van der Waals surface area contributed by atoms with Crippen molar-refractivity contribution in [2.75, 3.05) is 11.9 Å². The van der Waals surface area contributed by atoms with Gasteiger partial charge in [-0.3, -0.25) is 0 Å². The predicted octanol–water partition coefficient (Wildman–Crippen LogP) is 2.81. The van der Waals surface area contributed by atoms with Gasteiger partial charge in [-0.2, -0.15) is 0 Å². The van der Waals surface area contributed by atoms with E-state index in [4.69, 9.17) is 0 Å². The first-order chi connectivity index (χ1) is 6.27. The molecule has 0 aromatic heterocycles. The van der Waals surface area contributed by atoms with Crippen molar-refractivity contribution >= 4 is 5.69 Å². The smallest absolute Gasteiger partial charge is 0.123 e. The van der Waals surface area contributed by atoms with Gasteiger partial charge in [0.05, 0.1) is 0 Å². The third-order valence-electron chi connectivity index (χ3n) is 2.86. The first-order valence-electron chi connectivity index (χ1n) is 4.76. The summed E-state index contributed by atoms with van der Waals surface area (Å²) in [6.07, 6.45) is 3.87. The fourth-order valence-electron chi connectivity index (χ4n) is 1.66. The molecule has 0 radical (unpaired) electrons. The second-order valence-electron chi connectivity index (χ2n) is 3.67. The van der Waals surface area contributed by atoms with E-state index >= 15 is 0 Å². The zero-order chi connectivity index (χ0) is 9.26. The van der Waals surface area contributed by atoms with E-state index in [1.807, 2.05) is 12.1 Å². The molecule has 2 rings (SSSR count). The lowest BCUT2D eigenvalue weighted by Crippen LogP contribution is -2.36. The predicted molar refractivity (Wildman–Crippen MR) is 52.4 cm³/mol. The third-order valence-corrected chi connectivity index (χ3v) is 2.86. The van der Waals surface area contributed by atoms with Crippen molar-refractivity contribution < 1.29 is 4.39 Å². The first-order valence-corrected chi connectivity index (χ1v) is 4.76. The van der Waals surface area contributed by atoms with E-state index in [1.165, 1.54) is 31.4 Å². The largest absolute Gasteiger partial charge is 0.372 e. The summed E-state index contributed by atoms with van der Waals surface area (Å²) in [5.41, 5.74) is 1.12. The molecule has 1 aromatic rings. The van der Waals surface area contributed by atoms with Crippen LogP contribution in [0.15, 0.2) is 24.3 Å². The van der Waals surface area contributed by atoms with Gasteiger partial charge >= 0.3 is 0 Å². The van der Waals surface area contributed by atoms with Crippen LogP contribution in [-0.2, 0) is 0 Å². The van der Waals surface area contributed by atoms with Gasteiger partial charge in [0.2, 0.25) is 0 Å². The van der Waals surface area contributed by atoms with Crippen LogP contribution in [0.3, 0.4) is 0 Å².